The van der Waals surface area contributed by atoms with Gasteiger partial charge in [0, 0.05) is 12.7 Å². The van der Waals surface area contributed by atoms with Gasteiger partial charge in [-0.25, -0.2) is 0 Å². The molecule has 1 rings (SSSR count). The van der Waals surface area contributed by atoms with Crippen LogP contribution in [0.3, 0.4) is 0 Å². The summed E-state index contributed by atoms with van der Waals surface area (Å²) in [5.74, 6) is -0.391. The van der Waals surface area contributed by atoms with Crippen LogP contribution >= 0.6 is 23.2 Å². The predicted molar refractivity (Wildman–Crippen MR) is 55.4 cm³/mol. The van der Waals surface area contributed by atoms with E-state index in [1.807, 2.05) is 6.07 Å². The van der Waals surface area contributed by atoms with E-state index < -0.39 is 10.6 Å². The van der Waals surface area contributed by atoms with E-state index in [9.17, 15) is 4.79 Å². The highest BCUT2D eigenvalue weighted by atomic mass is 35.5. The zero-order chi connectivity index (χ0) is 10.6. The number of alkyl halides is 2. The number of halogens is 2. The van der Waals surface area contributed by atoms with E-state index in [0.717, 1.165) is 0 Å². The smallest absolute Gasteiger partial charge is 0.300 e. The highest BCUT2D eigenvalue weighted by molar-refractivity contribution is 6.47. The molecule has 0 saturated carbocycles. The second-order valence-corrected chi connectivity index (χ2v) is 3.80. The highest BCUT2D eigenvalue weighted by Gasteiger charge is 2.25. The molecule has 0 aliphatic carbocycles. The largest absolute Gasteiger partial charge is 0.333 e. The molecule has 0 aliphatic rings. The van der Waals surface area contributed by atoms with Crippen LogP contribution in [0.25, 0.3) is 0 Å². The summed E-state index contributed by atoms with van der Waals surface area (Å²) in [6.45, 7) is 0. The van der Waals surface area contributed by atoms with Gasteiger partial charge in [0.05, 0.1) is 0 Å². The van der Waals surface area contributed by atoms with E-state index >= 15 is 0 Å². The molecule has 76 valence electrons. The van der Waals surface area contributed by atoms with Gasteiger partial charge < -0.3 is 4.74 Å². The quantitative estimate of drug-likeness (QED) is 0.494. The number of rotatable bonds is 3. The summed E-state index contributed by atoms with van der Waals surface area (Å²) in [6.07, 6.45) is 0. The Hall–Kier alpha value is -0.770. The average Bonchev–Trinajstić information content (AvgIpc) is 2.19. The van der Waals surface area contributed by atoms with Crippen LogP contribution in [0, 0.1) is 0 Å². The first-order valence-corrected chi connectivity index (χ1v) is 4.61. The van der Waals surface area contributed by atoms with Gasteiger partial charge in [-0.1, -0.05) is 18.2 Å². The molecule has 0 unspecified atom stereocenters. The van der Waals surface area contributed by atoms with Crippen molar-refractivity contribution in [1.82, 2.24) is 5.32 Å². The Morgan fingerprint density at radius 3 is 2.43 bits per heavy atom. The van der Waals surface area contributed by atoms with Crippen LogP contribution in [0.5, 0.6) is 0 Å². The Balaban J connectivity index is 2.69. The van der Waals surface area contributed by atoms with Crippen LogP contribution in [0.2, 0.25) is 0 Å². The summed E-state index contributed by atoms with van der Waals surface area (Å²) in [7, 11) is 1.30. The molecule has 0 radical (unpaired) electrons. The van der Waals surface area contributed by atoms with E-state index in [2.05, 4.69) is 10.1 Å². The summed E-state index contributed by atoms with van der Waals surface area (Å²) >= 11 is 11.2. The molecule has 0 aromatic heterocycles. The Kier molecular flexibility index (Phi) is 3.75. The molecule has 0 aliphatic heterocycles. The third kappa shape index (κ3) is 3.18. The van der Waals surface area contributed by atoms with Crippen molar-refractivity contribution in [2.24, 2.45) is 0 Å². The summed E-state index contributed by atoms with van der Waals surface area (Å²) in [6, 6.07) is 8.59. The van der Waals surface area contributed by atoms with Crippen LogP contribution in [0.15, 0.2) is 30.3 Å². The molecule has 0 atom stereocenters. The molecular formula is C9H9Cl2NO2. The topological polar surface area (TPSA) is 38.3 Å². The fourth-order valence-corrected chi connectivity index (χ4v) is 1.02. The summed E-state index contributed by atoms with van der Waals surface area (Å²) in [5.41, 5.74) is 0.468. The average molecular weight is 234 g/mol. The summed E-state index contributed by atoms with van der Waals surface area (Å²) in [4.78, 5) is 11.5. The fraction of sp³-hybridized carbons (Fsp3) is 0.222. The molecule has 1 aromatic carbocycles. The lowest BCUT2D eigenvalue weighted by Gasteiger charge is -2.18. The number of nitrogens with one attached hydrogen (secondary N) is 1. The molecular weight excluding hydrogens is 225 g/mol. The third-order valence-electron chi connectivity index (χ3n) is 1.55. The molecule has 1 amide bonds. The van der Waals surface area contributed by atoms with Crippen molar-refractivity contribution in [2.45, 2.75) is 4.64 Å². The number of carbonyl (C=O) groups is 1. The summed E-state index contributed by atoms with van der Waals surface area (Å²) < 4.78 is 2.94. The minimum Gasteiger partial charge on any atom is -0.333 e. The molecule has 0 fully saturated rings. The lowest BCUT2D eigenvalue weighted by atomic mass is 10.2. The van der Waals surface area contributed by atoms with Gasteiger partial charge in [-0.2, -0.15) is 0 Å². The zero-order valence-corrected chi connectivity index (χ0v) is 8.97. The predicted octanol–water partition coefficient (Wildman–Crippen LogP) is 2.15. The van der Waals surface area contributed by atoms with Crippen LogP contribution in [0.1, 0.15) is 10.4 Å². The van der Waals surface area contributed by atoms with Gasteiger partial charge in [0.25, 0.3) is 5.91 Å². The second-order valence-electron chi connectivity index (χ2n) is 2.54. The van der Waals surface area contributed by atoms with Crippen LogP contribution in [-0.2, 0) is 4.74 Å². The highest BCUT2D eigenvalue weighted by Crippen LogP contribution is 2.17. The standard InChI is InChI=1S/C9H9Cl2NO2/c1-14-9(10,11)12-8(13)7-5-3-2-4-6-7/h2-6H,1H3,(H,12,13). The maximum Gasteiger partial charge on any atom is 0.300 e. The Bertz CT molecular complexity index is 314. The number of ether oxygens (including phenoxy) is 1. The van der Waals surface area contributed by atoms with E-state index in [0.29, 0.717) is 5.56 Å². The van der Waals surface area contributed by atoms with Crippen molar-refractivity contribution in [1.29, 1.82) is 0 Å². The molecule has 1 N–H and O–H groups in total. The van der Waals surface area contributed by atoms with Crippen LogP contribution in [0.4, 0.5) is 0 Å². The number of amides is 1. The molecule has 5 heteroatoms. The van der Waals surface area contributed by atoms with Gasteiger partial charge in [0.1, 0.15) is 0 Å². The monoisotopic (exact) mass is 233 g/mol. The lowest BCUT2D eigenvalue weighted by molar-refractivity contribution is 0.0716. The first-order valence-electron chi connectivity index (χ1n) is 3.86. The molecule has 0 spiro atoms. The van der Waals surface area contributed by atoms with Crippen molar-refractivity contribution in [3.63, 3.8) is 0 Å². The fourth-order valence-electron chi connectivity index (χ4n) is 0.845. The zero-order valence-electron chi connectivity index (χ0n) is 7.46. The first kappa shape index (κ1) is 11.3. The SMILES string of the molecule is COC(Cl)(Cl)NC(=O)c1ccccc1. The van der Waals surface area contributed by atoms with Crippen LogP contribution in [-0.4, -0.2) is 17.7 Å². The number of hydrogen-bond acceptors (Lipinski definition) is 2. The molecule has 0 saturated heterocycles. The number of hydrogen-bond donors (Lipinski definition) is 1. The molecule has 1 aromatic rings. The normalized spacial score (nSPS) is 11.1. The third-order valence-corrected chi connectivity index (χ3v) is 2.05. The minimum atomic E-state index is -1.69. The maximum absolute atomic E-state index is 11.5. The molecule has 0 heterocycles. The Morgan fingerprint density at radius 2 is 1.93 bits per heavy atom. The van der Waals surface area contributed by atoms with Gasteiger partial charge in [-0.05, 0) is 35.3 Å². The van der Waals surface area contributed by atoms with Gasteiger partial charge in [0.15, 0.2) is 0 Å². The van der Waals surface area contributed by atoms with Crippen molar-refractivity contribution in [2.75, 3.05) is 7.11 Å². The number of benzene rings is 1. The van der Waals surface area contributed by atoms with Gasteiger partial charge in [0.2, 0.25) is 0 Å². The van der Waals surface area contributed by atoms with Crippen LogP contribution < -0.4 is 5.32 Å². The van der Waals surface area contributed by atoms with E-state index in [1.54, 1.807) is 24.3 Å². The van der Waals surface area contributed by atoms with Crippen molar-refractivity contribution < 1.29 is 9.53 Å². The lowest BCUT2D eigenvalue weighted by Crippen LogP contribution is -2.40. The Labute approximate surface area is 92.0 Å². The van der Waals surface area contributed by atoms with E-state index in [1.165, 1.54) is 7.11 Å². The number of methoxy groups -OCH3 is 1. The van der Waals surface area contributed by atoms with Crippen molar-refractivity contribution in [3.05, 3.63) is 35.9 Å². The summed E-state index contributed by atoms with van der Waals surface area (Å²) in [5, 5.41) is 2.29. The van der Waals surface area contributed by atoms with Gasteiger partial charge in [-0.15, -0.1) is 0 Å². The van der Waals surface area contributed by atoms with Gasteiger partial charge in [-0.3, -0.25) is 10.1 Å². The number of carbonyl (C=O) groups excluding carboxylic acids is 1. The molecule has 3 nitrogen and oxygen atoms in total. The van der Waals surface area contributed by atoms with E-state index in [-0.39, 0.29) is 0 Å². The maximum atomic E-state index is 11.5. The van der Waals surface area contributed by atoms with Gasteiger partial charge >= 0.3 is 4.64 Å². The van der Waals surface area contributed by atoms with Crippen molar-refractivity contribution in [3.8, 4) is 0 Å². The second kappa shape index (κ2) is 4.64. The Morgan fingerprint density at radius 1 is 1.36 bits per heavy atom. The first-order chi connectivity index (χ1) is 6.55. The molecule has 0 bridgehead atoms. The molecule has 14 heavy (non-hydrogen) atoms. The van der Waals surface area contributed by atoms with E-state index in [4.69, 9.17) is 23.2 Å². The van der Waals surface area contributed by atoms with Crippen molar-refractivity contribution >= 4 is 29.1 Å². The minimum absolute atomic E-state index is 0.391.